The van der Waals surface area contributed by atoms with Crippen molar-refractivity contribution in [2.45, 2.75) is 33.3 Å². The van der Waals surface area contributed by atoms with Crippen LogP contribution in [0.1, 0.15) is 25.0 Å². The molecule has 0 saturated heterocycles. The SMILES string of the molecule is Cc1cc(NCC(C)(C)O)cc(C)c1Br. The molecule has 0 aliphatic heterocycles. The molecule has 0 amide bonds. The molecule has 84 valence electrons. The predicted molar refractivity (Wildman–Crippen MR) is 68.4 cm³/mol. The monoisotopic (exact) mass is 271 g/mol. The van der Waals surface area contributed by atoms with Gasteiger partial charge in [-0.05, 0) is 51.0 Å². The maximum Gasteiger partial charge on any atom is 0.0763 e. The molecule has 1 aromatic rings. The molecule has 0 aromatic heterocycles. The zero-order chi connectivity index (χ0) is 11.6. The minimum Gasteiger partial charge on any atom is -0.389 e. The average molecular weight is 272 g/mol. The van der Waals surface area contributed by atoms with Crippen molar-refractivity contribution < 1.29 is 5.11 Å². The topological polar surface area (TPSA) is 32.3 Å². The molecule has 2 N–H and O–H groups in total. The second-order valence-electron chi connectivity index (χ2n) is 4.59. The largest absolute Gasteiger partial charge is 0.389 e. The molecule has 0 radical (unpaired) electrons. The summed E-state index contributed by atoms with van der Waals surface area (Å²) in [6.45, 7) is 8.25. The molecule has 1 aromatic carbocycles. The Morgan fingerprint density at radius 1 is 1.27 bits per heavy atom. The Morgan fingerprint density at radius 3 is 2.13 bits per heavy atom. The number of hydrogen-bond acceptors (Lipinski definition) is 2. The van der Waals surface area contributed by atoms with Gasteiger partial charge in [-0.1, -0.05) is 15.9 Å². The number of rotatable bonds is 3. The Bertz CT molecular complexity index is 332. The van der Waals surface area contributed by atoms with Gasteiger partial charge in [0.05, 0.1) is 5.60 Å². The lowest BCUT2D eigenvalue weighted by Crippen LogP contribution is -2.29. The summed E-state index contributed by atoms with van der Waals surface area (Å²) < 4.78 is 1.15. The Balaban J connectivity index is 2.80. The number of benzene rings is 1. The maximum absolute atomic E-state index is 9.60. The number of aryl methyl sites for hydroxylation is 2. The van der Waals surface area contributed by atoms with Gasteiger partial charge < -0.3 is 10.4 Å². The van der Waals surface area contributed by atoms with E-state index in [1.807, 2.05) is 0 Å². The van der Waals surface area contributed by atoms with Crippen molar-refractivity contribution in [3.8, 4) is 0 Å². The lowest BCUT2D eigenvalue weighted by atomic mass is 10.1. The third kappa shape index (κ3) is 3.84. The Morgan fingerprint density at radius 2 is 1.73 bits per heavy atom. The van der Waals surface area contributed by atoms with Crippen molar-refractivity contribution in [2.24, 2.45) is 0 Å². The van der Waals surface area contributed by atoms with Gasteiger partial charge >= 0.3 is 0 Å². The second-order valence-corrected chi connectivity index (χ2v) is 5.38. The van der Waals surface area contributed by atoms with Gasteiger partial charge in [-0.15, -0.1) is 0 Å². The minimum atomic E-state index is -0.686. The van der Waals surface area contributed by atoms with Crippen LogP contribution in [-0.4, -0.2) is 17.3 Å². The van der Waals surface area contributed by atoms with E-state index in [4.69, 9.17) is 0 Å². The summed E-state index contributed by atoms with van der Waals surface area (Å²) in [6, 6.07) is 4.14. The van der Waals surface area contributed by atoms with Gasteiger partial charge in [0, 0.05) is 16.7 Å². The highest BCUT2D eigenvalue weighted by atomic mass is 79.9. The molecule has 1 rings (SSSR count). The summed E-state index contributed by atoms with van der Waals surface area (Å²) in [5.74, 6) is 0. The van der Waals surface area contributed by atoms with E-state index in [-0.39, 0.29) is 0 Å². The van der Waals surface area contributed by atoms with Crippen molar-refractivity contribution in [1.29, 1.82) is 0 Å². The van der Waals surface area contributed by atoms with E-state index in [1.54, 1.807) is 13.8 Å². The van der Waals surface area contributed by atoms with Gasteiger partial charge in [-0.2, -0.15) is 0 Å². The van der Waals surface area contributed by atoms with Gasteiger partial charge in [0.1, 0.15) is 0 Å². The number of aliphatic hydroxyl groups is 1. The van der Waals surface area contributed by atoms with Crippen LogP contribution in [0.3, 0.4) is 0 Å². The van der Waals surface area contributed by atoms with Crippen LogP contribution in [-0.2, 0) is 0 Å². The second kappa shape index (κ2) is 4.54. The van der Waals surface area contributed by atoms with Crippen molar-refractivity contribution in [3.63, 3.8) is 0 Å². The van der Waals surface area contributed by atoms with Crippen LogP contribution in [0.25, 0.3) is 0 Å². The van der Waals surface area contributed by atoms with Gasteiger partial charge in [-0.25, -0.2) is 0 Å². The zero-order valence-electron chi connectivity index (χ0n) is 9.69. The first-order chi connectivity index (χ1) is 6.79. The minimum absolute atomic E-state index is 0.549. The normalized spacial score (nSPS) is 11.6. The molecule has 0 heterocycles. The van der Waals surface area contributed by atoms with E-state index in [0.717, 1.165) is 10.2 Å². The quantitative estimate of drug-likeness (QED) is 0.885. The third-order valence-corrected chi connectivity index (χ3v) is 3.41. The highest BCUT2D eigenvalue weighted by Crippen LogP contribution is 2.25. The van der Waals surface area contributed by atoms with E-state index in [0.29, 0.717) is 6.54 Å². The van der Waals surface area contributed by atoms with Crippen molar-refractivity contribution in [1.82, 2.24) is 0 Å². The molecule has 2 nitrogen and oxygen atoms in total. The summed E-state index contributed by atoms with van der Waals surface area (Å²) in [5.41, 5.74) is 2.77. The first-order valence-corrected chi connectivity index (χ1v) is 5.82. The van der Waals surface area contributed by atoms with E-state index in [2.05, 4.69) is 47.2 Å². The van der Waals surface area contributed by atoms with Crippen LogP contribution < -0.4 is 5.32 Å². The average Bonchev–Trinajstić information content (AvgIpc) is 2.09. The summed E-state index contributed by atoms with van der Waals surface area (Å²) in [4.78, 5) is 0. The fourth-order valence-electron chi connectivity index (χ4n) is 1.37. The number of anilines is 1. The molecule has 0 atom stereocenters. The van der Waals surface area contributed by atoms with Crippen molar-refractivity contribution in [2.75, 3.05) is 11.9 Å². The molecule has 0 fully saturated rings. The first-order valence-electron chi connectivity index (χ1n) is 5.02. The highest BCUT2D eigenvalue weighted by Gasteiger charge is 2.12. The number of nitrogens with one attached hydrogen (secondary N) is 1. The van der Waals surface area contributed by atoms with Gasteiger partial charge in [-0.3, -0.25) is 0 Å². The predicted octanol–water partition coefficient (Wildman–Crippen LogP) is 3.25. The summed E-state index contributed by atoms with van der Waals surface area (Å²) in [7, 11) is 0. The van der Waals surface area contributed by atoms with Crippen LogP contribution in [0.5, 0.6) is 0 Å². The molecule has 15 heavy (non-hydrogen) atoms. The molecule has 3 heteroatoms. The Labute approximate surface area is 99.8 Å². The van der Waals surface area contributed by atoms with Crippen LogP contribution in [0.4, 0.5) is 5.69 Å². The van der Waals surface area contributed by atoms with Crippen LogP contribution >= 0.6 is 15.9 Å². The molecule has 0 unspecified atom stereocenters. The summed E-state index contributed by atoms with van der Waals surface area (Å²) in [6.07, 6.45) is 0. The van der Waals surface area contributed by atoms with Crippen LogP contribution in [0, 0.1) is 13.8 Å². The summed E-state index contributed by atoms with van der Waals surface area (Å²) in [5, 5.41) is 12.8. The zero-order valence-corrected chi connectivity index (χ0v) is 11.3. The van der Waals surface area contributed by atoms with E-state index >= 15 is 0 Å². The lowest BCUT2D eigenvalue weighted by molar-refractivity contribution is 0.0945. The molecule has 0 aliphatic rings. The van der Waals surface area contributed by atoms with Crippen LogP contribution in [0.2, 0.25) is 0 Å². The molecule has 0 bridgehead atoms. The van der Waals surface area contributed by atoms with Gasteiger partial charge in [0.25, 0.3) is 0 Å². The van der Waals surface area contributed by atoms with E-state index in [9.17, 15) is 5.11 Å². The fraction of sp³-hybridized carbons (Fsp3) is 0.500. The first kappa shape index (κ1) is 12.5. The number of halogens is 1. The molecular weight excluding hydrogens is 254 g/mol. The van der Waals surface area contributed by atoms with Crippen molar-refractivity contribution in [3.05, 3.63) is 27.7 Å². The van der Waals surface area contributed by atoms with Crippen LogP contribution in [0.15, 0.2) is 16.6 Å². The third-order valence-electron chi connectivity index (χ3n) is 2.16. The summed E-state index contributed by atoms with van der Waals surface area (Å²) >= 11 is 3.53. The fourth-order valence-corrected chi connectivity index (χ4v) is 1.60. The maximum atomic E-state index is 9.60. The smallest absolute Gasteiger partial charge is 0.0763 e. The Kier molecular flexibility index (Phi) is 3.79. The van der Waals surface area contributed by atoms with Gasteiger partial charge in [0.2, 0.25) is 0 Å². The molecule has 0 saturated carbocycles. The molecular formula is C12H18BrNO. The van der Waals surface area contributed by atoms with E-state index < -0.39 is 5.60 Å². The van der Waals surface area contributed by atoms with Crippen molar-refractivity contribution >= 4 is 21.6 Å². The molecule has 0 spiro atoms. The Hall–Kier alpha value is -0.540. The molecule has 0 aliphatic carbocycles. The number of hydrogen-bond donors (Lipinski definition) is 2. The van der Waals surface area contributed by atoms with E-state index in [1.165, 1.54) is 11.1 Å². The van der Waals surface area contributed by atoms with Gasteiger partial charge in [0.15, 0.2) is 0 Å². The standard InChI is InChI=1S/C12H18BrNO/c1-8-5-10(6-9(2)11(8)13)14-7-12(3,4)15/h5-6,14-15H,7H2,1-4H3. The highest BCUT2D eigenvalue weighted by molar-refractivity contribution is 9.10. The lowest BCUT2D eigenvalue weighted by Gasteiger charge is -2.19.